The number of rotatable bonds is 1. The first-order chi connectivity index (χ1) is 9.15. The molecule has 0 aliphatic rings. The molecule has 0 amide bonds. The van der Waals surface area contributed by atoms with Crippen molar-refractivity contribution in [3.05, 3.63) is 52.4 Å². The number of aromatic amines is 1. The van der Waals surface area contributed by atoms with Crippen LogP contribution < -0.4 is 11.3 Å². The molecule has 1 aromatic carbocycles. The van der Waals surface area contributed by atoms with Gasteiger partial charge in [-0.25, -0.2) is 5.10 Å². The van der Waals surface area contributed by atoms with Gasteiger partial charge in [-0.1, -0.05) is 0 Å². The topological polar surface area (TPSA) is 84.7 Å². The van der Waals surface area contributed by atoms with Crippen molar-refractivity contribution in [3.8, 4) is 11.4 Å². The second-order valence-electron chi connectivity index (χ2n) is 4.42. The zero-order valence-electron chi connectivity index (χ0n) is 10.3. The minimum atomic E-state index is -0.251. The summed E-state index contributed by atoms with van der Waals surface area (Å²) in [4.78, 5) is 16.1. The molecule has 0 bridgehead atoms. The summed E-state index contributed by atoms with van der Waals surface area (Å²) in [6.45, 7) is 1.98. The minimum absolute atomic E-state index is 0.251. The van der Waals surface area contributed by atoms with E-state index >= 15 is 0 Å². The molecule has 0 saturated heterocycles. The summed E-state index contributed by atoms with van der Waals surface area (Å²) < 4.78 is 0. The first-order valence-corrected chi connectivity index (χ1v) is 5.86. The maximum atomic E-state index is 11.8. The number of H-pyrrole nitrogens is 1. The molecule has 3 rings (SSSR count). The molecule has 0 unspecified atom stereocenters. The van der Waals surface area contributed by atoms with Gasteiger partial charge in [0.15, 0.2) is 0 Å². The Hall–Kier alpha value is -2.69. The Morgan fingerprint density at radius 2 is 2.00 bits per heavy atom. The van der Waals surface area contributed by atoms with E-state index in [9.17, 15) is 4.79 Å². The molecule has 5 heteroatoms. The maximum absolute atomic E-state index is 11.8. The van der Waals surface area contributed by atoms with E-state index in [-0.39, 0.29) is 5.56 Å². The molecule has 19 heavy (non-hydrogen) atoms. The fourth-order valence-corrected chi connectivity index (χ4v) is 2.04. The van der Waals surface area contributed by atoms with Crippen molar-refractivity contribution in [3.63, 3.8) is 0 Å². The van der Waals surface area contributed by atoms with E-state index in [1.54, 1.807) is 24.4 Å². The number of nitrogens with zero attached hydrogens (tertiary/aromatic N) is 2. The molecule has 3 aromatic rings. The van der Waals surface area contributed by atoms with Crippen LogP contribution in [0, 0.1) is 6.92 Å². The lowest BCUT2D eigenvalue weighted by molar-refractivity contribution is 1.01. The lowest BCUT2D eigenvalue weighted by atomic mass is 10.1. The number of hydrogen-bond acceptors (Lipinski definition) is 4. The van der Waals surface area contributed by atoms with Gasteiger partial charge in [0.2, 0.25) is 0 Å². The smallest absolute Gasteiger partial charge is 0.272 e. The molecule has 3 N–H and O–H groups in total. The van der Waals surface area contributed by atoms with Gasteiger partial charge in [0.25, 0.3) is 5.56 Å². The Morgan fingerprint density at radius 3 is 2.79 bits per heavy atom. The number of benzene rings is 1. The van der Waals surface area contributed by atoms with Crippen molar-refractivity contribution in [2.24, 2.45) is 0 Å². The van der Waals surface area contributed by atoms with Gasteiger partial charge in [0.05, 0.1) is 11.1 Å². The lowest BCUT2D eigenvalue weighted by Gasteiger charge is -2.05. The molecule has 2 aromatic heterocycles. The Bertz CT molecular complexity index is 823. The molecule has 0 spiro atoms. The molecule has 5 nitrogen and oxygen atoms in total. The van der Waals surface area contributed by atoms with E-state index < -0.39 is 0 Å². The van der Waals surface area contributed by atoms with Crippen LogP contribution in [0.4, 0.5) is 5.69 Å². The van der Waals surface area contributed by atoms with Crippen molar-refractivity contribution < 1.29 is 0 Å². The molecule has 0 aliphatic carbocycles. The number of pyridine rings is 1. The van der Waals surface area contributed by atoms with E-state index in [0.29, 0.717) is 16.8 Å². The average Bonchev–Trinajstić information content (AvgIpc) is 2.40. The fourth-order valence-electron chi connectivity index (χ4n) is 2.04. The Balaban J connectivity index is 2.37. The number of anilines is 1. The van der Waals surface area contributed by atoms with Gasteiger partial charge in [-0.15, -0.1) is 0 Å². The van der Waals surface area contributed by atoms with Crippen LogP contribution in [0.2, 0.25) is 0 Å². The second kappa shape index (κ2) is 4.20. The third-order valence-electron chi connectivity index (χ3n) is 2.97. The second-order valence-corrected chi connectivity index (χ2v) is 4.42. The first-order valence-electron chi connectivity index (χ1n) is 5.86. The maximum Gasteiger partial charge on any atom is 0.272 e. The molecule has 94 valence electrons. The van der Waals surface area contributed by atoms with Crippen LogP contribution in [0.25, 0.3) is 22.2 Å². The summed E-state index contributed by atoms with van der Waals surface area (Å²) >= 11 is 0. The minimum Gasteiger partial charge on any atom is -0.399 e. The Morgan fingerprint density at radius 1 is 1.16 bits per heavy atom. The molecular weight excluding hydrogens is 240 g/mol. The van der Waals surface area contributed by atoms with Crippen LogP contribution in [0.3, 0.4) is 0 Å². The monoisotopic (exact) mass is 252 g/mol. The number of nitrogen functional groups attached to an aromatic ring is 1. The van der Waals surface area contributed by atoms with Gasteiger partial charge in [0.1, 0.15) is 5.69 Å². The van der Waals surface area contributed by atoms with E-state index in [1.165, 1.54) is 0 Å². The molecular formula is C14H12N4O. The largest absolute Gasteiger partial charge is 0.399 e. The van der Waals surface area contributed by atoms with Crippen LogP contribution in [-0.2, 0) is 0 Å². The number of aryl methyl sites for hydroxylation is 1. The van der Waals surface area contributed by atoms with Crippen LogP contribution in [0.1, 0.15) is 5.56 Å². The van der Waals surface area contributed by atoms with Crippen molar-refractivity contribution in [1.29, 1.82) is 0 Å². The van der Waals surface area contributed by atoms with E-state index in [2.05, 4.69) is 15.2 Å². The van der Waals surface area contributed by atoms with Gasteiger partial charge < -0.3 is 5.73 Å². The lowest BCUT2D eigenvalue weighted by Crippen LogP contribution is -2.10. The van der Waals surface area contributed by atoms with E-state index in [1.807, 2.05) is 19.1 Å². The number of nitrogens with two attached hydrogens (primary N) is 1. The van der Waals surface area contributed by atoms with E-state index in [0.717, 1.165) is 16.6 Å². The number of hydrogen-bond donors (Lipinski definition) is 2. The molecule has 0 radical (unpaired) electrons. The number of fused-ring (bicyclic) bond motifs is 1. The van der Waals surface area contributed by atoms with Gasteiger partial charge >= 0.3 is 0 Å². The van der Waals surface area contributed by atoms with Crippen molar-refractivity contribution in [2.75, 3.05) is 5.73 Å². The highest BCUT2D eigenvalue weighted by Crippen LogP contribution is 2.24. The Labute approximate surface area is 109 Å². The van der Waals surface area contributed by atoms with Gasteiger partial charge in [-0.05, 0) is 42.8 Å². The highest BCUT2D eigenvalue weighted by Gasteiger charge is 2.10. The molecule has 0 aliphatic heterocycles. The van der Waals surface area contributed by atoms with Gasteiger partial charge in [-0.3, -0.25) is 9.78 Å². The standard InChI is InChI=1S/C14H12N4O/c1-8-4-5-16-12(6-8)13-10-3-2-9(15)7-11(10)14(19)18-17-13/h2-7H,15H2,1H3,(H,18,19). The Kier molecular flexibility index (Phi) is 2.52. The van der Waals surface area contributed by atoms with Crippen LogP contribution >= 0.6 is 0 Å². The van der Waals surface area contributed by atoms with Crippen LogP contribution in [0.15, 0.2) is 41.3 Å². The highest BCUT2D eigenvalue weighted by molar-refractivity contribution is 5.94. The molecule has 0 atom stereocenters. The first kappa shape index (κ1) is 11.4. The highest BCUT2D eigenvalue weighted by atomic mass is 16.1. The van der Waals surface area contributed by atoms with Crippen molar-refractivity contribution in [2.45, 2.75) is 6.92 Å². The fraction of sp³-hybridized carbons (Fsp3) is 0.0714. The average molecular weight is 252 g/mol. The summed E-state index contributed by atoms with van der Waals surface area (Å²) in [5.41, 5.74) is 8.48. The molecule has 0 saturated carbocycles. The van der Waals surface area contributed by atoms with E-state index in [4.69, 9.17) is 5.73 Å². The zero-order chi connectivity index (χ0) is 13.4. The molecule has 0 fully saturated rings. The predicted octanol–water partition coefficient (Wildman–Crippen LogP) is 1.88. The summed E-state index contributed by atoms with van der Waals surface area (Å²) in [6, 6.07) is 9.04. The summed E-state index contributed by atoms with van der Waals surface area (Å²) in [7, 11) is 0. The third-order valence-corrected chi connectivity index (χ3v) is 2.97. The quantitative estimate of drug-likeness (QED) is 0.647. The van der Waals surface area contributed by atoms with Crippen LogP contribution in [-0.4, -0.2) is 15.2 Å². The van der Waals surface area contributed by atoms with Crippen LogP contribution in [0.5, 0.6) is 0 Å². The van der Waals surface area contributed by atoms with Gasteiger partial charge in [0, 0.05) is 17.3 Å². The SMILES string of the molecule is Cc1ccnc(-c2n[nH]c(=O)c3cc(N)ccc23)c1. The zero-order valence-corrected chi connectivity index (χ0v) is 10.3. The summed E-state index contributed by atoms with van der Waals surface area (Å²) in [5, 5.41) is 7.86. The number of aromatic nitrogens is 3. The normalized spacial score (nSPS) is 10.8. The van der Waals surface area contributed by atoms with Crippen molar-refractivity contribution in [1.82, 2.24) is 15.2 Å². The summed E-state index contributed by atoms with van der Waals surface area (Å²) in [6.07, 6.45) is 1.72. The predicted molar refractivity (Wildman–Crippen MR) is 74.7 cm³/mol. The summed E-state index contributed by atoms with van der Waals surface area (Å²) in [5.74, 6) is 0. The van der Waals surface area contributed by atoms with Crippen molar-refractivity contribution >= 4 is 16.5 Å². The number of nitrogens with one attached hydrogen (secondary N) is 1. The molecule has 2 heterocycles. The van der Waals surface area contributed by atoms with Gasteiger partial charge in [-0.2, -0.15) is 5.10 Å². The third kappa shape index (κ3) is 1.95.